The Bertz CT molecular complexity index is 536. The van der Waals surface area contributed by atoms with Gasteiger partial charge in [-0.2, -0.15) is 4.80 Å². The highest BCUT2D eigenvalue weighted by atomic mass is 16.1. The van der Waals surface area contributed by atoms with Crippen LogP contribution < -0.4 is 16.6 Å². The SMILES string of the molecule is Cn1nnc(NC(=O)c2cnccc2NN)n1. The third-order valence-electron chi connectivity index (χ3n) is 1.95. The summed E-state index contributed by atoms with van der Waals surface area (Å²) in [6.07, 6.45) is 2.91. The number of tetrazole rings is 1. The maximum absolute atomic E-state index is 11.8. The number of hydrogen-bond acceptors (Lipinski definition) is 7. The number of nitrogens with two attached hydrogens (primary N) is 1. The maximum Gasteiger partial charge on any atom is 0.270 e. The average Bonchev–Trinajstić information content (AvgIpc) is 2.74. The molecule has 0 spiro atoms. The van der Waals surface area contributed by atoms with Gasteiger partial charge < -0.3 is 5.43 Å². The van der Waals surface area contributed by atoms with Crippen molar-refractivity contribution in [1.82, 2.24) is 25.2 Å². The Morgan fingerprint density at radius 1 is 1.53 bits per heavy atom. The maximum atomic E-state index is 11.8. The van der Waals surface area contributed by atoms with Gasteiger partial charge in [0.25, 0.3) is 11.9 Å². The van der Waals surface area contributed by atoms with Crippen LogP contribution in [0.5, 0.6) is 0 Å². The normalized spacial score (nSPS) is 10.0. The molecule has 0 bridgehead atoms. The molecule has 0 aliphatic carbocycles. The van der Waals surface area contributed by atoms with Crippen LogP contribution in [0.2, 0.25) is 0 Å². The van der Waals surface area contributed by atoms with Crippen molar-refractivity contribution in [2.75, 3.05) is 10.7 Å². The van der Waals surface area contributed by atoms with Crippen LogP contribution in [0.25, 0.3) is 0 Å². The second-order valence-electron chi connectivity index (χ2n) is 3.12. The highest BCUT2D eigenvalue weighted by molar-refractivity contribution is 6.06. The van der Waals surface area contributed by atoms with E-state index in [1.54, 1.807) is 13.1 Å². The lowest BCUT2D eigenvalue weighted by Gasteiger charge is -2.06. The van der Waals surface area contributed by atoms with Gasteiger partial charge in [-0.1, -0.05) is 5.10 Å². The molecule has 0 saturated carbocycles. The van der Waals surface area contributed by atoms with Gasteiger partial charge in [0.1, 0.15) is 0 Å². The number of nitrogens with zero attached hydrogens (tertiary/aromatic N) is 5. The van der Waals surface area contributed by atoms with Crippen molar-refractivity contribution in [2.45, 2.75) is 0 Å². The zero-order valence-corrected chi connectivity index (χ0v) is 8.95. The van der Waals surface area contributed by atoms with Crippen molar-refractivity contribution in [3.8, 4) is 0 Å². The van der Waals surface area contributed by atoms with Gasteiger partial charge in [0.15, 0.2) is 0 Å². The minimum absolute atomic E-state index is 0.115. The van der Waals surface area contributed by atoms with E-state index in [9.17, 15) is 4.79 Å². The Morgan fingerprint density at radius 2 is 2.35 bits per heavy atom. The van der Waals surface area contributed by atoms with Gasteiger partial charge in [0, 0.05) is 12.4 Å². The molecule has 0 atom stereocenters. The fourth-order valence-corrected chi connectivity index (χ4v) is 1.20. The summed E-state index contributed by atoms with van der Waals surface area (Å²) < 4.78 is 0. The van der Waals surface area contributed by atoms with Gasteiger partial charge in [-0.15, -0.1) is 5.10 Å². The summed E-state index contributed by atoms with van der Waals surface area (Å²) >= 11 is 0. The van der Waals surface area contributed by atoms with E-state index in [-0.39, 0.29) is 5.95 Å². The summed E-state index contributed by atoms with van der Waals surface area (Å²) in [6.45, 7) is 0. The van der Waals surface area contributed by atoms with E-state index in [0.717, 1.165) is 0 Å². The molecule has 0 aliphatic rings. The summed E-state index contributed by atoms with van der Waals surface area (Å²) in [5.41, 5.74) is 3.16. The van der Waals surface area contributed by atoms with Crippen molar-refractivity contribution >= 4 is 17.5 Å². The van der Waals surface area contributed by atoms with Crippen molar-refractivity contribution in [3.63, 3.8) is 0 Å². The molecule has 9 heteroatoms. The predicted octanol–water partition coefficient (Wildman–Crippen LogP) is -0.857. The van der Waals surface area contributed by atoms with Crippen LogP contribution in [0, 0.1) is 0 Å². The number of hydrogen-bond donors (Lipinski definition) is 3. The largest absolute Gasteiger partial charge is 0.323 e. The number of amides is 1. The van der Waals surface area contributed by atoms with Crippen molar-refractivity contribution in [1.29, 1.82) is 0 Å². The van der Waals surface area contributed by atoms with Gasteiger partial charge in [-0.25, -0.2) is 0 Å². The first-order chi connectivity index (χ1) is 8.20. The van der Waals surface area contributed by atoms with Crippen LogP contribution in [0.4, 0.5) is 11.6 Å². The molecule has 0 saturated heterocycles. The molecular formula is C8H10N8O. The highest BCUT2D eigenvalue weighted by Crippen LogP contribution is 2.12. The highest BCUT2D eigenvalue weighted by Gasteiger charge is 2.13. The second-order valence-corrected chi connectivity index (χ2v) is 3.12. The molecule has 2 rings (SSSR count). The van der Waals surface area contributed by atoms with Crippen molar-refractivity contribution < 1.29 is 4.79 Å². The number of pyridine rings is 1. The monoisotopic (exact) mass is 234 g/mol. The van der Waals surface area contributed by atoms with Crippen molar-refractivity contribution in [3.05, 3.63) is 24.0 Å². The number of nitrogens with one attached hydrogen (secondary N) is 2. The van der Waals surface area contributed by atoms with E-state index in [1.807, 2.05) is 0 Å². The van der Waals surface area contributed by atoms with Crippen LogP contribution in [-0.4, -0.2) is 31.1 Å². The molecule has 0 aliphatic heterocycles. The number of aromatic nitrogens is 5. The third-order valence-corrected chi connectivity index (χ3v) is 1.95. The topological polar surface area (TPSA) is 124 Å². The van der Waals surface area contributed by atoms with Crippen LogP contribution in [0.15, 0.2) is 18.5 Å². The van der Waals surface area contributed by atoms with Crippen LogP contribution in [-0.2, 0) is 7.05 Å². The van der Waals surface area contributed by atoms with E-state index in [1.165, 1.54) is 17.2 Å². The van der Waals surface area contributed by atoms with E-state index in [0.29, 0.717) is 11.3 Å². The van der Waals surface area contributed by atoms with Gasteiger partial charge in [-0.05, 0) is 11.3 Å². The smallest absolute Gasteiger partial charge is 0.270 e. The Hall–Kier alpha value is -2.55. The molecule has 9 nitrogen and oxygen atoms in total. The molecule has 17 heavy (non-hydrogen) atoms. The quantitative estimate of drug-likeness (QED) is 0.466. The average molecular weight is 234 g/mol. The zero-order valence-electron chi connectivity index (χ0n) is 8.95. The van der Waals surface area contributed by atoms with Crippen molar-refractivity contribution in [2.24, 2.45) is 12.9 Å². The molecule has 0 unspecified atom stereocenters. The zero-order chi connectivity index (χ0) is 12.3. The molecule has 0 aromatic carbocycles. The van der Waals surface area contributed by atoms with E-state index >= 15 is 0 Å². The first-order valence-corrected chi connectivity index (χ1v) is 4.66. The Kier molecular flexibility index (Phi) is 2.92. The second kappa shape index (κ2) is 4.53. The Morgan fingerprint density at radius 3 is 3.00 bits per heavy atom. The summed E-state index contributed by atoms with van der Waals surface area (Å²) in [7, 11) is 1.60. The third kappa shape index (κ3) is 2.34. The lowest BCUT2D eigenvalue weighted by molar-refractivity contribution is 0.102. The number of rotatable bonds is 3. The first kappa shape index (κ1) is 11.0. The molecule has 2 heterocycles. The first-order valence-electron chi connectivity index (χ1n) is 4.66. The number of nitrogen functional groups attached to an aromatic ring is 1. The lowest BCUT2D eigenvalue weighted by Crippen LogP contribution is -2.18. The van der Waals surface area contributed by atoms with E-state index in [2.05, 4.69) is 31.1 Å². The molecule has 1 amide bonds. The molecule has 4 N–H and O–H groups in total. The minimum atomic E-state index is -0.418. The molecule has 0 fully saturated rings. The molecule has 2 aromatic rings. The molecule has 0 radical (unpaired) electrons. The summed E-state index contributed by atoms with van der Waals surface area (Å²) in [6, 6.07) is 1.58. The number of hydrazine groups is 1. The molecule has 2 aromatic heterocycles. The van der Waals surface area contributed by atoms with Crippen LogP contribution >= 0.6 is 0 Å². The minimum Gasteiger partial charge on any atom is -0.323 e. The van der Waals surface area contributed by atoms with Gasteiger partial charge in [0.05, 0.1) is 18.3 Å². The standard InChI is InChI=1S/C8H10N8O/c1-16-14-8(13-15-16)11-7(17)5-4-10-3-2-6(5)12-9/h2-4H,9H2,1H3,(H,10,12)(H,11,14,17). The van der Waals surface area contributed by atoms with E-state index < -0.39 is 5.91 Å². The fourth-order valence-electron chi connectivity index (χ4n) is 1.20. The summed E-state index contributed by atoms with van der Waals surface area (Å²) in [5.74, 6) is 4.98. The Balaban J connectivity index is 2.20. The van der Waals surface area contributed by atoms with Gasteiger partial charge >= 0.3 is 0 Å². The van der Waals surface area contributed by atoms with E-state index in [4.69, 9.17) is 5.84 Å². The van der Waals surface area contributed by atoms with Crippen LogP contribution in [0.3, 0.4) is 0 Å². The predicted molar refractivity (Wildman–Crippen MR) is 58.8 cm³/mol. The molecule has 88 valence electrons. The number of carbonyl (C=O) groups is 1. The van der Waals surface area contributed by atoms with Gasteiger partial charge in [0.2, 0.25) is 0 Å². The summed E-state index contributed by atoms with van der Waals surface area (Å²) in [5, 5.41) is 13.5. The number of aryl methyl sites for hydroxylation is 1. The fraction of sp³-hybridized carbons (Fsp3) is 0.125. The number of carbonyl (C=O) groups excluding carboxylic acids is 1. The van der Waals surface area contributed by atoms with Gasteiger partial charge in [-0.3, -0.25) is 20.9 Å². The summed E-state index contributed by atoms with van der Waals surface area (Å²) in [4.78, 5) is 16.9. The number of anilines is 2. The molecular weight excluding hydrogens is 224 g/mol. The lowest BCUT2D eigenvalue weighted by atomic mass is 10.2. The Labute approximate surface area is 96.0 Å². The van der Waals surface area contributed by atoms with Crippen LogP contribution in [0.1, 0.15) is 10.4 Å².